The molecule has 0 radical (unpaired) electrons. The maximum atomic E-state index is 13.2. The molecular formula is C24H47O7P. The third-order valence-corrected chi connectivity index (χ3v) is 7.82. The van der Waals surface area contributed by atoms with E-state index in [0.717, 1.165) is 38.5 Å². The number of carboxylic acid groups (broad SMARTS) is 2. The van der Waals surface area contributed by atoms with Gasteiger partial charge in [-0.3, -0.25) is 14.2 Å². The quantitative estimate of drug-likeness (QED) is 0.110. The van der Waals surface area contributed by atoms with Crippen LogP contribution in [-0.4, -0.2) is 41.0 Å². The van der Waals surface area contributed by atoms with Crippen molar-refractivity contribution in [3.63, 3.8) is 0 Å². The Morgan fingerprint density at radius 1 is 0.656 bits per heavy atom. The molecular weight excluding hydrogens is 431 g/mol. The fourth-order valence-corrected chi connectivity index (χ4v) is 5.42. The Morgan fingerprint density at radius 3 is 1.31 bits per heavy atom. The highest BCUT2D eigenvalue weighted by Crippen LogP contribution is 2.54. The topological polar surface area (TPSA) is 110 Å². The number of carbonyl (C=O) groups is 2. The number of hydrogen-bond donors (Lipinski definition) is 2. The lowest BCUT2D eigenvalue weighted by Crippen LogP contribution is -2.26. The van der Waals surface area contributed by atoms with Crippen LogP contribution >= 0.6 is 7.60 Å². The van der Waals surface area contributed by atoms with Gasteiger partial charge in [0.15, 0.2) is 5.66 Å². The largest absolute Gasteiger partial charge is 0.481 e. The molecule has 0 fully saturated rings. The minimum Gasteiger partial charge on any atom is -0.481 e. The fraction of sp³-hybridized carbons (Fsp3) is 0.917. The van der Waals surface area contributed by atoms with Crippen molar-refractivity contribution in [2.24, 2.45) is 0 Å². The van der Waals surface area contributed by atoms with Crippen LogP contribution in [0.2, 0.25) is 0 Å². The van der Waals surface area contributed by atoms with Gasteiger partial charge in [-0.25, -0.2) is 0 Å². The normalized spacial score (nSPS) is 12.7. The van der Waals surface area contributed by atoms with Crippen LogP contribution in [0.1, 0.15) is 123 Å². The highest BCUT2D eigenvalue weighted by molar-refractivity contribution is 7.55. The van der Waals surface area contributed by atoms with Crippen LogP contribution in [0.15, 0.2) is 0 Å². The van der Waals surface area contributed by atoms with Gasteiger partial charge < -0.3 is 19.3 Å². The second-order valence-corrected chi connectivity index (χ2v) is 10.8. The van der Waals surface area contributed by atoms with E-state index in [1.54, 1.807) is 0 Å². The molecule has 1 atom stereocenters. The molecule has 8 heteroatoms. The van der Waals surface area contributed by atoms with E-state index in [1.807, 2.05) is 0 Å². The van der Waals surface area contributed by atoms with Crippen molar-refractivity contribution in [1.29, 1.82) is 0 Å². The van der Waals surface area contributed by atoms with Gasteiger partial charge in [0.25, 0.3) is 0 Å². The molecule has 0 spiro atoms. The Morgan fingerprint density at radius 2 is 1.00 bits per heavy atom. The first kappa shape index (κ1) is 31.1. The molecule has 0 aliphatic heterocycles. The maximum Gasteiger partial charge on any atom is 0.345 e. The van der Waals surface area contributed by atoms with Gasteiger partial charge in [0, 0.05) is 0 Å². The summed E-state index contributed by atoms with van der Waals surface area (Å²) in [6, 6.07) is 0. The zero-order valence-corrected chi connectivity index (χ0v) is 21.3. The van der Waals surface area contributed by atoms with E-state index in [-0.39, 0.29) is 13.2 Å². The molecule has 0 aromatic carbocycles. The molecule has 32 heavy (non-hydrogen) atoms. The summed E-state index contributed by atoms with van der Waals surface area (Å²) < 4.78 is 24.1. The second-order valence-electron chi connectivity index (χ2n) is 8.61. The molecule has 1 unspecified atom stereocenters. The van der Waals surface area contributed by atoms with Crippen molar-refractivity contribution < 1.29 is 33.4 Å². The lowest BCUT2D eigenvalue weighted by molar-refractivity contribution is -0.143. The van der Waals surface area contributed by atoms with Crippen molar-refractivity contribution in [3.05, 3.63) is 0 Å². The summed E-state index contributed by atoms with van der Waals surface area (Å²) in [7, 11) is -4.06. The third kappa shape index (κ3) is 16.7. The minimum absolute atomic E-state index is 0.118. The molecule has 0 saturated carbocycles. The monoisotopic (exact) mass is 478 g/mol. The van der Waals surface area contributed by atoms with E-state index < -0.39 is 31.6 Å². The number of aliphatic carboxylic acids is 2. The third-order valence-electron chi connectivity index (χ3n) is 5.57. The molecule has 0 heterocycles. The summed E-state index contributed by atoms with van der Waals surface area (Å²) in [6.07, 6.45) is 16.5. The average molecular weight is 479 g/mol. The van der Waals surface area contributed by atoms with Gasteiger partial charge in [0.05, 0.1) is 19.6 Å². The van der Waals surface area contributed by atoms with Crippen LogP contribution in [0.4, 0.5) is 0 Å². The van der Waals surface area contributed by atoms with E-state index in [4.69, 9.17) is 14.2 Å². The van der Waals surface area contributed by atoms with Crippen LogP contribution in [0.5, 0.6) is 0 Å². The molecule has 190 valence electrons. The average Bonchev–Trinajstić information content (AvgIpc) is 2.75. The maximum absolute atomic E-state index is 13.2. The van der Waals surface area contributed by atoms with Crippen molar-refractivity contribution in [1.82, 2.24) is 0 Å². The highest BCUT2D eigenvalue weighted by atomic mass is 31.2. The Labute approximate surface area is 195 Å². The number of rotatable bonds is 24. The highest BCUT2D eigenvalue weighted by Gasteiger charge is 2.43. The molecule has 7 nitrogen and oxygen atoms in total. The Bertz CT molecular complexity index is 498. The first-order valence-electron chi connectivity index (χ1n) is 12.7. The van der Waals surface area contributed by atoms with E-state index in [0.29, 0.717) is 12.8 Å². The molecule has 0 rings (SSSR count). The van der Waals surface area contributed by atoms with Crippen molar-refractivity contribution in [3.8, 4) is 0 Å². The lowest BCUT2D eigenvalue weighted by Gasteiger charge is -2.23. The predicted octanol–water partition coefficient (Wildman–Crippen LogP) is 7.42. The second kappa shape index (κ2) is 20.7. The zero-order valence-electron chi connectivity index (χ0n) is 20.4. The molecule has 0 amide bonds. The Balaban J connectivity index is 4.45. The summed E-state index contributed by atoms with van der Waals surface area (Å²) in [5, 5.41) is 18.5. The van der Waals surface area contributed by atoms with Gasteiger partial charge in [-0.1, -0.05) is 104 Å². The molecule has 0 bridgehead atoms. The zero-order chi connectivity index (χ0) is 24.1. The van der Waals surface area contributed by atoms with Gasteiger partial charge in [-0.2, -0.15) is 0 Å². The van der Waals surface area contributed by atoms with Crippen LogP contribution in [0.3, 0.4) is 0 Å². The van der Waals surface area contributed by atoms with E-state index in [2.05, 4.69) is 13.8 Å². The number of hydrogen-bond acceptors (Lipinski definition) is 5. The summed E-state index contributed by atoms with van der Waals surface area (Å²) in [5.74, 6) is -2.79. The standard InChI is InChI=1S/C24H47O7P/c1-3-5-7-9-11-13-15-17-19-30-32(29,22(24(27)28)21-23(25)26)31-20-18-16-14-12-10-8-6-4-2/h22H,3-21H2,1-2H3,(H,25,26)(H,27,28). The van der Waals surface area contributed by atoms with Crippen LogP contribution in [0, 0.1) is 0 Å². The van der Waals surface area contributed by atoms with Crippen LogP contribution in [0.25, 0.3) is 0 Å². The summed E-state index contributed by atoms with van der Waals surface area (Å²) in [5.41, 5.74) is -1.68. The van der Waals surface area contributed by atoms with Gasteiger partial charge >= 0.3 is 19.5 Å². The predicted molar refractivity (Wildman–Crippen MR) is 128 cm³/mol. The first-order valence-corrected chi connectivity index (χ1v) is 14.3. The molecule has 0 saturated heterocycles. The van der Waals surface area contributed by atoms with Gasteiger partial charge in [0.2, 0.25) is 0 Å². The van der Waals surface area contributed by atoms with E-state index in [9.17, 15) is 19.3 Å². The van der Waals surface area contributed by atoms with Crippen molar-refractivity contribution in [2.75, 3.05) is 13.2 Å². The number of carboxylic acids is 2. The van der Waals surface area contributed by atoms with Crippen LogP contribution < -0.4 is 0 Å². The molecule has 0 aliphatic rings. The minimum atomic E-state index is -4.06. The van der Waals surface area contributed by atoms with Crippen molar-refractivity contribution in [2.45, 2.75) is 129 Å². The first-order chi connectivity index (χ1) is 15.4. The Kier molecular flexibility index (Phi) is 20.1. The van der Waals surface area contributed by atoms with Crippen molar-refractivity contribution >= 4 is 19.5 Å². The SMILES string of the molecule is CCCCCCCCCCOP(=O)(OCCCCCCCCCC)C(CC(=O)O)C(=O)O. The molecule has 0 aromatic heterocycles. The lowest BCUT2D eigenvalue weighted by atomic mass is 10.1. The van der Waals surface area contributed by atoms with E-state index in [1.165, 1.54) is 51.4 Å². The Hall–Kier alpha value is -0.910. The fourth-order valence-electron chi connectivity index (χ4n) is 3.57. The smallest absolute Gasteiger partial charge is 0.345 e. The molecule has 0 aromatic rings. The van der Waals surface area contributed by atoms with E-state index >= 15 is 0 Å². The van der Waals surface area contributed by atoms with Gasteiger partial charge in [-0.05, 0) is 12.8 Å². The van der Waals surface area contributed by atoms with Gasteiger partial charge in [-0.15, -0.1) is 0 Å². The summed E-state index contributed by atoms with van der Waals surface area (Å²) >= 11 is 0. The molecule has 0 aliphatic carbocycles. The van der Waals surface area contributed by atoms with Gasteiger partial charge in [0.1, 0.15) is 0 Å². The van der Waals surface area contributed by atoms with Crippen LogP contribution in [-0.2, 0) is 23.2 Å². The number of unbranched alkanes of at least 4 members (excludes halogenated alkanes) is 14. The summed E-state index contributed by atoms with van der Waals surface area (Å²) in [6.45, 7) is 4.60. The molecule has 2 N–H and O–H groups in total. The summed E-state index contributed by atoms with van der Waals surface area (Å²) in [4.78, 5) is 22.7.